The van der Waals surface area contributed by atoms with Gasteiger partial charge in [0, 0.05) is 76.8 Å². The highest BCUT2D eigenvalue weighted by Gasteiger charge is 2.30. The summed E-state index contributed by atoms with van der Waals surface area (Å²) in [4.78, 5) is 47.0. The molecule has 5 aromatic rings. The summed E-state index contributed by atoms with van der Waals surface area (Å²) in [6, 6.07) is 22.0. The van der Waals surface area contributed by atoms with Crippen molar-refractivity contribution >= 4 is 28.4 Å². The number of halogens is 1. The monoisotopic (exact) mass is 843 g/mol. The summed E-state index contributed by atoms with van der Waals surface area (Å²) in [5.74, 6) is 1.85. The van der Waals surface area contributed by atoms with Crippen molar-refractivity contribution in [1.82, 2.24) is 40.4 Å². The predicted molar refractivity (Wildman–Crippen MR) is 233 cm³/mol. The van der Waals surface area contributed by atoms with Crippen molar-refractivity contribution in [3.63, 3.8) is 0 Å². The van der Waals surface area contributed by atoms with Crippen molar-refractivity contribution in [3.8, 4) is 11.5 Å². The number of rotatable bonds is 11. The number of carbonyl (C=O) groups is 2. The molecular formula is C47H54FN9O5. The van der Waals surface area contributed by atoms with Crippen molar-refractivity contribution < 1.29 is 23.5 Å². The summed E-state index contributed by atoms with van der Waals surface area (Å²) in [6.07, 6.45) is 8.26. The molecule has 1 unspecified atom stereocenters. The number of hydrogen-bond donors (Lipinski definition) is 2. The molecule has 324 valence electrons. The molecule has 0 saturated carbocycles. The van der Waals surface area contributed by atoms with Gasteiger partial charge in [0.25, 0.3) is 11.5 Å². The quantitative estimate of drug-likeness (QED) is 0.182. The maximum atomic E-state index is 15.0. The number of piperazine rings is 1. The second kappa shape index (κ2) is 19.1. The number of fused-ring (bicyclic) bond motifs is 1. The van der Waals surface area contributed by atoms with E-state index in [2.05, 4.69) is 53.7 Å². The fraction of sp³-hybridized carbons (Fsp3) is 0.447. The van der Waals surface area contributed by atoms with Crippen LogP contribution in [-0.2, 0) is 16.0 Å². The van der Waals surface area contributed by atoms with E-state index in [1.807, 2.05) is 24.3 Å². The number of piperidine rings is 3. The molecule has 4 saturated heterocycles. The number of hydrogen-bond acceptors (Lipinski definition) is 11. The van der Waals surface area contributed by atoms with Crippen LogP contribution in [-0.4, -0.2) is 131 Å². The van der Waals surface area contributed by atoms with Crippen LogP contribution in [0.4, 0.5) is 10.2 Å². The fourth-order valence-corrected chi connectivity index (χ4v) is 9.32. The number of ether oxygens (including phenoxy) is 2. The van der Waals surface area contributed by atoms with E-state index >= 15 is 4.39 Å². The largest absolute Gasteiger partial charge is 0.456 e. The zero-order chi connectivity index (χ0) is 42.4. The Morgan fingerprint density at radius 3 is 2.32 bits per heavy atom. The van der Waals surface area contributed by atoms with E-state index in [4.69, 9.17) is 9.47 Å². The summed E-state index contributed by atoms with van der Waals surface area (Å²) in [5, 5.41) is 20.2. The predicted octanol–water partition coefficient (Wildman–Crippen LogP) is 5.14. The molecule has 2 amide bonds. The fourth-order valence-electron chi connectivity index (χ4n) is 9.32. The lowest BCUT2D eigenvalue weighted by atomic mass is 9.92. The highest BCUT2D eigenvalue weighted by molar-refractivity contribution is 5.95. The van der Waals surface area contributed by atoms with Gasteiger partial charge in [0.1, 0.15) is 11.6 Å². The summed E-state index contributed by atoms with van der Waals surface area (Å²) in [7, 11) is 0. The van der Waals surface area contributed by atoms with E-state index < -0.39 is 11.7 Å². The summed E-state index contributed by atoms with van der Waals surface area (Å²) >= 11 is 0. The Labute approximate surface area is 360 Å². The van der Waals surface area contributed by atoms with Crippen molar-refractivity contribution in [2.24, 2.45) is 0 Å². The number of aromatic nitrogens is 4. The van der Waals surface area contributed by atoms with E-state index in [1.165, 1.54) is 24.5 Å². The van der Waals surface area contributed by atoms with E-state index in [-0.39, 0.29) is 29.2 Å². The second-order valence-corrected chi connectivity index (χ2v) is 17.0. The highest BCUT2D eigenvalue weighted by Crippen LogP contribution is 2.31. The highest BCUT2D eigenvalue weighted by atomic mass is 19.1. The van der Waals surface area contributed by atoms with E-state index in [0.29, 0.717) is 72.8 Å². The number of carbonyl (C=O) groups excluding carboxylic acids is 2. The lowest BCUT2D eigenvalue weighted by Gasteiger charge is -2.38. The molecule has 0 bridgehead atoms. The van der Waals surface area contributed by atoms with Crippen molar-refractivity contribution in [2.75, 3.05) is 76.9 Å². The molecule has 4 fully saturated rings. The van der Waals surface area contributed by atoms with Crippen LogP contribution < -0.4 is 20.5 Å². The third kappa shape index (κ3) is 9.80. The zero-order valence-corrected chi connectivity index (χ0v) is 35.0. The number of H-pyrrole nitrogens is 1. The lowest BCUT2D eigenvalue weighted by Crippen LogP contribution is -2.53. The topological polar surface area (TPSA) is 149 Å². The number of aromatic amines is 1. The first-order chi connectivity index (χ1) is 30.3. The normalized spacial score (nSPS) is 19.5. The first-order valence-corrected chi connectivity index (χ1v) is 22.1. The van der Waals surface area contributed by atoms with Gasteiger partial charge in [-0.15, -0.1) is 5.10 Å². The van der Waals surface area contributed by atoms with Gasteiger partial charge in [-0.1, -0.05) is 36.4 Å². The van der Waals surface area contributed by atoms with Gasteiger partial charge >= 0.3 is 0 Å². The standard InChI is InChI=1S/C47H54FN9O5/c48-42-11-10-32(26-43-39-8-1-2-9-40(39)46(59)53-51-43)25-41(42)47(60)57-23-21-56(22-24-57)45(58)31-54-17-12-35(13-18-54)61-36-14-19-55(20-15-36)44-28-38(30-50-52-44)62-37-7-3-5-33(27-37)34-6-4-16-49-29-34/h1-3,5,7-11,25,27-28,30,34-36,49H,4,6,12-24,26,29,31H2,(H,53,59). The number of nitrogens with zero attached hydrogens (tertiary/aromatic N) is 7. The van der Waals surface area contributed by atoms with Crippen LogP contribution >= 0.6 is 0 Å². The molecule has 62 heavy (non-hydrogen) atoms. The maximum absolute atomic E-state index is 15.0. The molecule has 9 rings (SSSR count). The molecular weight excluding hydrogens is 790 g/mol. The Morgan fingerprint density at radius 1 is 0.790 bits per heavy atom. The second-order valence-electron chi connectivity index (χ2n) is 17.0. The third-order valence-corrected chi connectivity index (χ3v) is 12.9. The average molecular weight is 844 g/mol. The zero-order valence-electron chi connectivity index (χ0n) is 35.0. The van der Waals surface area contributed by atoms with E-state index in [9.17, 15) is 14.4 Å². The molecule has 3 aromatic carbocycles. The van der Waals surface area contributed by atoms with Crippen molar-refractivity contribution in [1.29, 1.82) is 0 Å². The molecule has 2 N–H and O–H groups in total. The molecule has 4 aliphatic rings. The summed E-state index contributed by atoms with van der Waals surface area (Å²) in [6.45, 7) is 7.10. The number of amides is 2. The minimum Gasteiger partial charge on any atom is -0.456 e. The van der Waals surface area contributed by atoms with Gasteiger partial charge in [-0.2, -0.15) is 10.2 Å². The Bertz CT molecular complexity index is 2420. The van der Waals surface area contributed by atoms with Gasteiger partial charge in [0.15, 0.2) is 11.6 Å². The minimum atomic E-state index is -0.596. The Hall–Kier alpha value is -5.77. The Balaban J connectivity index is 0.693. The molecule has 1 atom stereocenters. The lowest BCUT2D eigenvalue weighted by molar-refractivity contribution is -0.135. The molecule has 14 nitrogen and oxygen atoms in total. The van der Waals surface area contributed by atoms with Crippen LogP contribution in [0, 0.1) is 5.82 Å². The van der Waals surface area contributed by atoms with Gasteiger partial charge in [0.2, 0.25) is 5.91 Å². The van der Waals surface area contributed by atoms with Gasteiger partial charge in [0.05, 0.1) is 41.6 Å². The van der Waals surface area contributed by atoms with Crippen LogP contribution in [0.5, 0.6) is 11.5 Å². The van der Waals surface area contributed by atoms with Crippen LogP contribution in [0.2, 0.25) is 0 Å². The Kier molecular flexibility index (Phi) is 12.8. The SMILES string of the molecule is O=C(CN1CCC(OC2CCN(c3cc(Oc4cccc(C5CCCNC5)c4)cnn3)CC2)CC1)N1CCN(C(=O)c2cc(Cc3n[nH]c(=O)c4ccccc34)ccc2F)CC1. The van der Waals surface area contributed by atoms with Crippen LogP contribution in [0.1, 0.15) is 71.6 Å². The molecule has 0 spiro atoms. The van der Waals surface area contributed by atoms with E-state index in [0.717, 1.165) is 76.5 Å². The molecule has 6 heterocycles. The smallest absolute Gasteiger partial charge is 0.272 e. The van der Waals surface area contributed by atoms with Crippen molar-refractivity contribution in [3.05, 3.63) is 118 Å². The van der Waals surface area contributed by atoms with Gasteiger partial charge in [-0.25, -0.2) is 9.49 Å². The number of nitrogens with one attached hydrogen (secondary N) is 2. The Morgan fingerprint density at radius 2 is 1.55 bits per heavy atom. The molecule has 0 radical (unpaired) electrons. The van der Waals surface area contributed by atoms with Gasteiger partial charge in [-0.05, 0) is 92.4 Å². The molecule has 0 aliphatic carbocycles. The summed E-state index contributed by atoms with van der Waals surface area (Å²) in [5.41, 5.74) is 2.35. The molecule has 4 aliphatic heterocycles. The first kappa shape index (κ1) is 41.6. The van der Waals surface area contributed by atoms with Crippen LogP contribution in [0.15, 0.2) is 83.8 Å². The van der Waals surface area contributed by atoms with Gasteiger partial charge < -0.3 is 29.5 Å². The van der Waals surface area contributed by atoms with E-state index in [1.54, 1.807) is 40.3 Å². The average Bonchev–Trinajstić information content (AvgIpc) is 3.32. The number of likely N-dealkylation sites (tertiary alicyclic amines) is 1. The van der Waals surface area contributed by atoms with Crippen LogP contribution in [0.3, 0.4) is 0 Å². The van der Waals surface area contributed by atoms with Crippen LogP contribution in [0.25, 0.3) is 10.8 Å². The number of benzene rings is 3. The van der Waals surface area contributed by atoms with Crippen molar-refractivity contribution in [2.45, 2.75) is 63.1 Å². The molecule has 15 heteroatoms. The first-order valence-electron chi connectivity index (χ1n) is 22.1. The summed E-state index contributed by atoms with van der Waals surface area (Å²) < 4.78 is 27.9. The molecule has 2 aromatic heterocycles. The minimum absolute atomic E-state index is 0.0126. The van der Waals surface area contributed by atoms with Gasteiger partial charge in [-0.3, -0.25) is 19.3 Å². The number of anilines is 1. The maximum Gasteiger partial charge on any atom is 0.272 e. The third-order valence-electron chi connectivity index (χ3n) is 12.9.